The van der Waals surface area contributed by atoms with Crippen LogP contribution in [0.15, 0.2) is 11.4 Å². The zero-order valence-corrected chi connectivity index (χ0v) is 13.9. The molecule has 118 valence electrons. The van der Waals surface area contributed by atoms with Crippen molar-refractivity contribution in [2.24, 2.45) is 5.92 Å². The highest BCUT2D eigenvalue weighted by Gasteiger charge is 2.28. The van der Waals surface area contributed by atoms with Crippen molar-refractivity contribution < 1.29 is 9.53 Å². The lowest BCUT2D eigenvalue weighted by molar-refractivity contribution is -0.148. The van der Waals surface area contributed by atoms with E-state index >= 15 is 0 Å². The Morgan fingerprint density at radius 3 is 3.09 bits per heavy atom. The number of piperidine rings is 1. The summed E-state index contributed by atoms with van der Waals surface area (Å²) in [5.41, 5.74) is 0. The van der Waals surface area contributed by atoms with Crippen molar-refractivity contribution in [2.75, 3.05) is 24.6 Å². The number of carbonyl (C=O) groups excluding carboxylic acids is 1. The van der Waals surface area contributed by atoms with Gasteiger partial charge in [-0.05, 0) is 31.2 Å². The highest BCUT2D eigenvalue weighted by Crippen LogP contribution is 2.31. The lowest BCUT2D eigenvalue weighted by Crippen LogP contribution is -2.40. The Balaban J connectivity index is 1.89. The summed E-state index contributed by atoms with van der Waals surface area (Å²) in [4.78, 5) is 24.6. The molecule has 1 atom stereocenters. The topological polar surface area (TPSA) is 55.3 Å². The Bertz CT molecular complexity index is 670. The summed E-state index contributed by atoms with van der Waals surface area (Å²) >= 11 is 1.64. The van der Waals surface area contributed by atoms with Crippen LogP contribution in [0.25, 0.3) is 10.2 Å². The first-order chi connectivity index (χ1) is 10.7. The zero-order valence-electron chi connectivity index (χ0n) is 13.0. The average Bonchev–Trinajstić information content (AvgIpc) is 3.02. The molecule has 6 heteroatoms. The van der Waals surface area contributed by atoms with Crippen LogP contribution < -0.4 is 4.90 Å². The molecule has 0 N–H and O–H groups in total. The maximum atomic E-state index is 12.0. The van der Waals surface area contributed by atoms with Crippen LogP contribution in [-0.2, 0) is 16.0 Å². The van der Waals surface area contributed by atoms with Gasteiger partial charge >= 0.3 is 5.97 Å². The summed E-state index contributed by atoms with van der Waals surface area (Å²) in [5.74, 6) is 1.70. The van der Waals surface area contributed by atoms with Gasteiger partial charge in [-0.2, -0.15) is 0 Å². The van der Waals surface area contributed by atoms with Crippen LogP contribution in [0.4, 0.5) is 5.82 Å². The molecule has 0 aromatic carbocycles. The molecule has 0 radical (unpaired) electrons. The number of ether oxygens (including phenoxy) is 1. The van der Waals surface area contributed by atoms with E-state index in [0.29, 0.717) is 13.2 Å². The van der Waals surface area contributed by atoms with Crippen molar-refractivity contribution in [1.29, 1.82) is 0 Å². The molecule has 5 nitrogen and oxygen atoms in total. The summed E-state index contributed by atoms with van der Waals surface area (Å²) < 4.78 is 5.19. The van der Waals surface area contributed by atoms with Crippen LogP contribution in [0.5, 0.6) is 0 Å². The fraction of sp³-hybridized carbons (Fsp3) is 0.562. The second kappa shape index (κ2) is 6.60. The molecule has 0 spiro atoms. The molecule has 3 rings (SSSR count). The molecular formula is C16H21N3O2S. The second-order valence-electron chi connectivity index (χ2n) is 5.49. The lowest BCUT2D eigenvalue weighted by Gasteiger charge is -2.32. The molecule has 2 aromatic rings. The smallest absolute Gasteiger partial charge is 0.310 e. The molecule has 2 aromatic heterocycles. The van der Waals surface area contributed by atoms with Gasteiger partial charge in [0.1, 0.15) is 16.5 Å². The average molecular weight is 319 g/mol. The number of hydrogen-bond acceptors (Lipinski definition) is 6. The van der Waals surface area contributed by atoms with Crippen molar-refractivity contribution in [3.05, 3.63) is 17.3 Å². The number of aryl methyl sites for hydroxylation is 1. The standard InChI is InChI=1S/C16H21N3O2S/c1-3-13-17-14(12-7-9-22-15(12)18-13)19-8-5-6-11(10-19)16(20)21-4-2/h7,9,11H,3-6,8,10H2,1-2H3/t11-/m0/s1. The Kier molecular flexibility index (Phi) is 4.57. The molecule has 0 unspecified atom stereocenters. The molecule has 22 heavy (non-hydrogen) atoms. The minimum Gasteiger partial charge on any atom is -0.466 e. The van der Waals surface area contributed by atoms with E-state index in [1.54, 1.807) is 11.3 Å². The van der Waals surface area contributed by atoms with Crippen molar-refractivity contribution in [3.63, 3.8) is 0 Å². The molecule has 1 saturated heterocycles. The summed E-state index contributed by atoms with van der Waals surface area (Å²) in [6.45, 7) is 5.98. The van der Waals surface area contributed by atoms with Crippen molar-refractivity contribution in [2.45, 2.75) is 33.1 Å². The van der Waals surface area contributed by atoms with E-state index in [0.717, 1.165) is 47.7 Å². The van der Waals surface area contributed by atoms with Gasteiger partial charge in [0.15, 0.2) is 0 Å². The third-order valence-corrected chi connectivity index (χ3v) is 4.81. The monoisotopic (exact) mass is 319 g/mol. The number of hydrogen-bond donors (Lipinski definition) is 0. The molecular weight excluding hydrogens is 298 g/mol. The number of carbonyl (C=O) groups is 1. The quantitative estimate of drug-likeness (QED) is 0.811. The zero-order chi connectivity index (χ0) is 15.5. The van der Waals surface area contributed by atoms with E-state index in [9.17, 15) is 4.79 Å². The number of esters is 1. The predicted octanol–water partition coefficient (Wildman–Crippen LogP) is 3.03. The molecule has 1 aliphatic rings. The Labute approximate surface area is 134 Å². The van der Waals surface area contributed by atoms with Gasteiger partial charge in [0.25, 0.3) is 0 Å². The Morgan fingerprint density at radius 2 is 2.32 bits per heavy atom. The fourth-order valence-electron chi connectivity index (χ4n) is 2.90. The van der Waals surface area contributed by atoms with Gasteiger partial charge in [-0.3, -0.25) is 4.79 Å². The first-order valence-electron chi connectivity index (χ1n) is 7.88. The summed E-state index contributed by atoms with van der Waals surface area (Å²) in [6.07, 6.45) is 2.70. The van der Waals surface area contributed by atoms with E-state index in [4.69, 9.17) is 9.72 Å². The van der Waals surface area contributed by atoms with Gasteiger partial charge in [0.2, 0.25) is 0 Å². The molecule has 1 fully saturated rings. The fourth-order valence-corrected chi connectivity index (χ4v) is 3.68. The third kappa shape index (κ3) is 2.92. The van der Waals surface area contributed by atoms with E-state index in [2.05, 4.69) is 28.3 Å². The minimum atomic E-state index is -0.0847. The van der Waals surface area contributed by atoms with Crippen LogP contribution in [0, 0.1) is 5.92 Å². The minimum absolute atomic E-state index is 0.0533. The Hall–Kier alpha value is -1.69. The highest BCUT2D eigenvalue weighted by atomic mass is 32.1. The van der Waals surface area contributed by atoms with Crippen LogP contribution in [0.2, 0.25) is 0 Å². The number of fused-ring (bicyclic) bond motifs is 1. The van der Waals surface area contributed by atoms with Crippen molar-refractivity contribution in [1.82, 2.24) is 9.97 Å². The SMILES string of the molecule is CCOC(=O)[C@H]1CCCN(c2nc(CC)nc3sccc23)C1. The first-order valence-corrected chi connectivity index (χ1v) is 8.76. The number of aromatic nitrogens is 2. The van der Waals surface area contributed by atoms with E-state index in [-0.39, 0.29) is 11.9 Å². The van der Waals surface area contributed by atoms with Crippen molar-refractivity contribution in [3.8, 4) is 0 Å². The third-order valence-electron chi connectivity index (χ3n) is 4.01. The number of anilines is 1. The van der Waals surface area contributed by atoms with E-state index < -0.39 is 0 Å². The van der Waals surface area contributed by atoms with Gasteiger partial charge in [0.05, 0.1) is 17.9 Å². The maximum absolute atomic E-state index is 12.0. The maximum Gasteiger partial charge on any atom is 0.310 e. The summed E-state index contributed by atoms with van der Waals surface area (Å²) in [5, 5.41) is 3.14. The van der Waals surface area contributed by atoms with Gasteiger partial charge in [0, 0.05) is 19.5 Å². The summed E-state index contributed by atoms with van der Waals surface area (Å²) in [6, 6.07) is 2.07. The number of rotatable bonds is 4. The van der Waals surface area contributed by atoms with E-state index in [1.165, 1.54) is 0 Å². The van der Waals surface area contributed by atoms with Crippen LogP contribution in [0.1, 0.15) is 32.5 Å². The van der Waals surface area contributed by atoms with Crippen molar-refractivity contribution >= 4 is 33.3 Å². The predicted molar refractivity (Wildman–Crippen MR) is 88.4 cm³/mol. The molecule has 1 aliphatic heterocycles. The largest absolute Gasteiger partial charge is 0.466 e. The summed E-state index contributed by atoms with van der Waals surface area (Å²) in [7, 11) is 0. The molecule has 0 amide bonds. The van der Waals surface area contributed by atoms with Crippen LogP contribution >= 0.6 is 11.3 Å². The second-order valence-corrected chi connectivity index (χ2v) is 6.39. The van der Waals surface area contributed by atoms with Crippen LogP contribution in [0.3, 0.4) is 0 Å². The molecule has 0 saturated carbocycles. The normalized spacial score (nSPS) is 18.6. The van der Waals surface area contributed by atoms with Gasteiger partial charge in [-0.15, -0.1) is 11.3 Å². The highest BCUT2D eigenvalue weighted by molar-refractivity contribution is 7.16. The number of thiophene rings is 1. The van der Waals surface area contributed by atoms with Gasteiger partial charge < -0.3 is 9.64 Å². The molecule has 3 heterocycles. The van der Waals surface area contributed by atoms with Gasteiger partial charge in [-0.25, -0.2) is 9.97 Å². The number of nitrogens with zero attached hydrogens (tertiary/aromatic N) is 3. The lowest BCUT2D eigenvalue weighted by atomic mass is 9.98. The van der Waals surface area contributed by atoms with E-state index in [1.807, 2.05) is 6.92 Å². The molecule has 0 aliphatic carbocycles. The molecule has 0 bridgehead atoms. The Morgan fingerprint density at radius 1 is 1.45 bits per heavy atom. The first kappa shape index (κ1) is 15.2. The van der Waals surface area contributed by atoms with Crippen LogP contribution in [-0.4, -0.2) is 35.6 Å². The van der Waals surface area contributed by atoms with Gasteiger partial charge in [-0.1, -0.05) is 6.92 Å².